The monoisotopic (exact) mass is 321 g/mol. The number of hydrogen-bond donors (Lipinski definition) is 1. The number of aryl methyl sites for hydroxylation is 1. The first-order valence-corrected chi connectivity index (χ1v) is 8.36. The Hall–Kier alpha value is -2.53. The Morgan fingerprint density at radius 1 is 1.13 bits per heavy atom. The van der Waals surface area contributed by atoms with E-state index in [1.54, 1.807) is 11.8 Å². The summed E-state index contributed by atoms with van der Waals surface area (Å²) in [7, 11) is 0. The maximum Gasteiger partial charge on any atom is 0.182 e. The number of para-hydroxylation sites is 1. The molecule has 0 saturated carbocycles. The average molecular weight is 321 g/mol. The quantitative estimate of drug-likeness (QED) is 0.757. The molecule has 0 radical (unpaired) electrons. The lowest BCUT2D eigenvalue weighted by molar-refractivity contribution is 0.603. The van der Waals surface area contributed by atoms with Crippen LogP contribution < -0.4 is 5.43 Å². The highest BCUT2D eigenvalue weighted by Crippen LogP contribution is 2.23. The summed E-state index contributed by atoms with van der Waals surface area (Å²) in [6.07, 6.45) is 0. The van der Waals surface area contributed by atoms with Gasteiger partial charge in [0.25, 0.3) is 0 Å². The van der Waals surface area contributed by atoms with Crippen LogP contribution in [0, 0.1) is 6.92 Å². The fourth-order valence-corrected chi connectivity index (χ4v) is 3.20. The maximum absolute atomic E-state index is 5.85. The first-order valence-electron chi connectivity index (χ1n) is 7.38. The van der Waals surface area contributed by atoms with Crippen LogP contribution in [0.25, 0.3) is 11.0 Å². The third-order valence-corrected chi connectivity index (χ3v) is 4.45. The molecule has 1 aliphatic rings. The first-order chi connectivity index (χ1) is 11.3. The van der Waals surface area contributed by atoms with E-state index in [9.17, 15) is 0 Å². The zero-order chi connectivity index (χ0) is 15.6. The Labute approximate surface area is 138 Å². The summed E-state index contributed by atoms with van der Waals surface area (Å²) < 4.78 is 5.85. The number of amidine groups is 1. The number of hydrazone groups is 1. The van der Waals surface area contributed by atoms with Gasteiger partial charge in [0.1, 0.15) is 11.3 Å². The number of benzene rings is 2. The maximum atomic E-state index is 5.85. The molecule has 0 aliphatic carbocycles. The van der Waals surface area contributed by atoms with Gasteiger partial charge in [-0.05, 0) is 36.8 Å². The van der Waals surface area contributed by atoms with Crippen molar-refractivity contribution in [2.75, 3.05) is 5.75 Å². The summed E-state index contributed by atoms with van der Waals surface area (Å²) >= 11 is 1.62. The third kappa shape index (κ3) is 3.00. The SMILES string of the molecule is Cc1cccc(N=C2NN=C(c3cc4ccccc4o3)CS2)c1. The fourth-order valence-electron chi connectivity index (χ4n) is 2.44. The first kappa shape index (κ1) is 14.1. The van der Waals surface area contributed by atoms with Crippen LogP contribution in [-0.4, -0.2) is 16.6 Å². The molecule has 0 unspecified atom stereocenters. The second kappa shape index (κ2) is 5.93. The average Bonchev–Trinajstić information content (AvgIpc) is 2.99. The van der Waals surface area contributed by atoms with E-state index in [0.29, 0.717) is 0 Å². The van der Waals surface area contributed by atoms with Gasteiger partial charge in [0, 0.05) is 11.1 Å². The highest BCUT2D eigenvalue weighted by atomic mass is 32.2. The summed E-state index contributed by atoms with van der Waals surface area (Å²) in [6, 6.07) is 18.1. The molecule has 23 heavy (non-hydrogen) atoms. The van der Waals surface area contributed by atoms with Gasteiger partial charge in [0.05, 0.1) is 5.69 Å². The van der Waals surface area contributed by atoms with Crippen LogP contribution >= 0.6 is 11.8 Å². The van der Waals surface area contributed by atoms with Crippen molar-refractivity contribution in [3.63, 3.8) is 0 Å². The molecule has 4 rings (SSSR count). The standard InChI is InChI=1S/C18H15N3OS/c1-12-5-4-7-14(9-12)19-18-21-20-15(11-23-18)17-10-13-6-2-3-8-16(13)22-17/h2-10H,11H2,1H3,(H,19,21). The molecule has 1 N–H and O–H groups in total. The van der Waals surface area contributed by atoms with Crippen molar-refractivity contribution in [2.45, 2.75) is 6.92 Å². The number of nitrogens with zero attached hydrogens (tertiary/aromatic N) is 2. The Morgan fingerprint density at radius 3 is 2.83 bits per heavy atom. The van der Waals surface area contributed by atoms with Crippen LogP contribution in [-0.2, 0) is 0 Å². The van der Waals surface area contributed by atoms with Crippen LogP contribution in [0.4, 0.5) is 5.69 Å². The van der Waals surface area contributed by atoms with Crippen LogP contribution in [0.3, 0.4) is 0 Å². The van der Waals surface area contributed by atoms with Crippen molar-refractivity contribution >= 4 is 39.3 Å². The summed E-state index contributed by atoms with van der Waals surface area (Å²) in [6.45, 7) is 2.06. The minimum absolute atomic E-state index is 0.734. The van der Waals surface area contributed by atoms with Gasteiger partial charge in [-0.3, -0.25) is 5.43 Å². The highest BCUT2D eigenvalue weighted by Gasteiger charge is 2.16. The van der Waals surface area contributed by atoms with E-state index >= 15 is 0 Å². The minimum Gasteiger partial charge on any atom is -0.455 e. The molecule has 1 aliphatic heterocycles. The van der Waals surface area contributed by atoms with Crippen molar-refractivity contribution in [3.8, 4) is 0 Å². The molecule has 0 saturated heterocycles. The number of furan rings is 1. The molecular formula is C18H15N3OS. The second-order valence-electron chi connectivity index (χ2n) is 5.36. The molecule has 0 amide bonds. The lowest BCUT2D eigenvalue weighted by Gasteiger charge is -2.13. The number of thioether (sulfide) groups is 1. The zero-order valence-corrected chi connectivity index (χ0v) is 13.4. The normalized spacial score (nSPS) is 16.4. The van der Waals surface area contributed by atoms with Crippen LogP contribution in [0.2, 0.25) is 0 Å². The number of nitrogens with one attached hydrogen (secondary N) is 1. The van der Waals surface area contributed by atoms with Crippen molar-refractivity contribution in [1.82, 2.24) is 5.43 Å². The predicted octanol–water partition coefficient (Wildman–Crippen LogP) is 4.47. The summed E-state index contributed by atoms with van der Waals surface area (Å²) in [5.74, 6) is 1.54. The summed E-state index contributed by atoms with van der Waals surface area (Å²) in [4.78, 5) is 4.58. The minimum atomic E-state index is 0.734. The van der Waals surface area contributed by atoms with Crippen molar-refractivity contribution in [1.29, 1.82) is 0 Å². The third-order valence-electron chi connectivity index (χ3n) is 3.57. The molecule has 3 aromatic rings. The van der Waals surface area contributed by atoms with E-state index in [-0.39, 0.29) is 0 Å². The number of rotatable bonds is 2. The molecule has 4 nitrogen and oxygen atoms in total. The van der Waals surface area contributed by atoms with Crippen LogP contribution in [0.5, 0.6) is 0 Å². The van der Waals surface area contributed by atoms with Gasteiger partial charge in [-0.2, -0.15) is 5.10 Å². The van der Waals surface area contributed by atoms with E-state index < -0.39 is 0 Å². The van der Waals surface area contributed by atoms with Crippen molar-refractivity contribution in [2.24, 2.45) is 10.1 Å². The van der Waals surface area contributed by atoms with Gasteiger partial charge in [0.15, 0.2) is 10.9 Å². The second-order valence-corrected chi connectivity index (χ2v) is 6.33. The molecule has 5 heteroatoms. The Morgan fingerprint density at radius 2 is 2.04 bits per heavy atom. The number of fused-ring (bicyclic) bond motifs is 1. The van der Waals surface area contributed by atoms with Crippen molar-refractivity contribution in [3.05, 3.63) is 65.9 Å². The highest BCUT2D eigenvalue weighted by molar-refractivity contribution is 8.14. The van der Waals surface area contributed by atoms with E-state index in [1.807, 2.05) is 48.5 Å². The van der Waals surface area contributed by atoms with Crippen LogP contribution in [0.15, 0.2) is 69.1 Å². The van der Waals surface area contributed by atoms with E-state index in [0.717, 1.165) is 39.0 Å². The molecule has 0 fully saturated rings. The Kier molecular flexibility index (Phi) is 3.63. The zero-order valence-electron chi connectivity index (χ0n) is 12.6. The molecular weight excluding hydrogens is 306 g/mol. The largest absolute Gasteiger partial charge is 0.455 e. The van der Waals surface area contributed by atoms with E-state index in [2.05, 4.69) is 28.5 Å². The molecule has 0 bridgehead atoms. The summed E-state index contributed by atoms with van der Waals surface area (Å²) in [5.41, 5.74) is 6.93. The molecule has 2 aromatic carbocycles. The molecule has 2 heterocycles. The molecule has 1 aromatic heterocycles. The lowest BCUT2D eigenvalue weighted by atomic mass is 10.2. The van der Waals surface area contributed by atoms with Gasteiger partial charge in [-0.15, -0.1) is 0 Å². The summed E-state index contributed by atoms with van der Waals surface area (Å²) in [5, 5.41) is 6.31. The van der Waals surface area contributed by atoms with Crippen LogP contribution in [0.1, 0.15) is 11.3 Å². The van der Waals surface area contributed by atoms with E-state index in [1.165, 1.54) is 5.56 Å². The molecule has 114 valence electrons. The van der Waals surface area contributed by atoms with Gasteiger partial charge in [0.2, 0.25) is 0 Å². The Balaban J connectivity index is 1.57. The topological polar surface area (TPSA) is 49.9 Å². The smallest absolute Gasteiger partial charge is 0.182 e. The lowest BCUT2D eigenvalue weighted by Crippen LogP contribution is -2.24. The van der Waals surface area contributed by atoms with E-state index in [4.69, 9.17) is 4.42 Å². The van der Waals surface area contributed by atoms with Gasteiger partial charge >= 0.3 is 0 Å². The van der Waals surface area contributed by atoms with Gasteiger partial charge in [-0.1, -0.05) is 42.1 Å². The van der Waals surface area contributed by atoms with Crippen molar-refractivity contribution < 1.29 is 4.42 Å². The number of hydrogen-bond acceptors (Lipinski definition) is 4. The van der Waals surface area contributed by atoms with Gasteiger partial charge in [-0.25, -0.2) is 4.99 Å². The Bertz CT molecular complexity index is 894. The number of aliphatic imine (C=N–C) groups is 1. The van der Waals surface area contributed by atoms with Gasteiger partial charge < -0.3 is 4.42 Å². The molecule has 0 spiro atoms. The molecule has 0 atom stereocenters. The predicted molar refractivity (Wildman–Crippen MR) is 96.6 cm³/mol. The fraction of sp³-hybridized carbons (Fsp3) is 0.111.